The predicted molar refractivity (Wildman–Crippen MR) is 78.1 cm³/mol. The molecule has 0 spiro atoms. The van der Waals surface area contributed by atoms with E-state index < -0.39 is 64.3 Å². The Morgan fingerprint density at radius 3 is 1.93 bits per heavy atom. The zero-order valence-corrected chi connectivity index (χ0v) is 13.9. The monoisotopic (exact) mass is 432 g/mol. The minimum Gasteiger partial charge on any atom is -0.490 e. The number of methoxy groups -OCH3 is 1. The van der Waals surface area contributed by atoms with Gasteiger partial charge in [-0.2, -0.15) is 17.6 Å². The second-order valence-electron chi connectivity index (χ2n) is 5.16. The van der Waals surface area contributed by atoms with Crippen LogP contribution >= 0.6 is 0 Å². The largest absolute Gasteiger partial charge is 0.573 e. The number of hydrogen-bond acceptors (Lipinski definition) is 4. The van der Waals surface area contributed by atoms with E-state index in [9.17, 15) is 39.9 Å². The maximum absolute atomic E-state index is 14.2. The van der Waals surface area contributed by atoms with E-state index >= 15 is 0 Å². The summed E-state index contributed by atoms with van der Waals surface area (Å²) >= 11 is 0. The Bertz CT molecular complexity index is 936. The van der Waals surface area contributed by atoms with Gasteiger partial charge in [-0.05, 0) is 24.3 Å². The molecule has 0 amide bonds. The quantitative estimate of drug-likeness (QED) is 0.643. The van der Waals surface area contributed by atoms with Gasteiger partial charge in [0, 0.05) is 0 Å². The summed E-state index contributed by atoms with van der Waals surface area (Å²) < 4.78 is 116. The van der Waals surface area contributed by atoms with Crippen molar-refractivity contribution in [2.75, 3.05) is 7.11 Å². The first-order valence-electron chi connectivity index (χ1n) is 7.19. The van der Waals surface area contributed by atoms with Crippen LogP contribution in [0.5, 0.6) is 23.0 Å². The van der Waals surface area contributed by atoms with Crippen molar-refractivity contribution in [1.82, 2.24) is 0 Å². The molecule has 0 bridgehead atoms. The molecule has 0 aliphatic rings. The molecule has 13 heteroatoms. The number of aromatic carboxylic acids is 1. The van der Waals surface area contributed by atoms with E-state index in [0.29, 0.717) is 18.2 Å². The highest BCUT2D eigenvalue weighted by atomic mass is 19.4. The molecule has 0 aromatic heterocycles. The van der Waals surface area contributed by atoms with E-state index in [1.165, 1.54) is 0 Å². The zero-order valence-electron chi connectivity index (χ0n) is 13.9. The molecule has 2 rings (SSSR count). The molecule has 0 aliphatic carbocycles. The summed E-state index contributed by atoms with van der Waals surface area (Å²) in [5.74, 6) is -10.1. The van der Waals surface area contributed by atoms with Gasteiger partial charge in [-0.1, -0.05) is 0 Å². The third-order valence-electron chi connectivity index (χ3n) is 3.30. The molecule has 0 aliphatic heterocycles. The molecule has 0 saturated heterocycles. The molecule has 0 saturated carbocycles. The van der Waals surface area contributed by atoms with Crippen LogP contribution < -0.4 is 14.2 Å². The molecule has 29 heavy (non-hydrogen) atoms. The fourth-order valence-corrected chi connectivity index (χ4v) is 2.17. The molecular formula is C16H8F8O5. The molecular weight excluding hydrogens is 424 g/mol. The van der Waals surface area contributed by atoms with Gasteiger partial charge < -0.3 is 19.3 Å². The molecule has 158 valence electrons. The van der Waals surface area contributed by atoms with Crippen molar-refractivity contribution in [1.29, 1.82) is 0 Å². The highest BCUT2D eigenvalue weighted by Gasteiger charge is 2.38. The molecule has 5 nitrogen and oxygen atoms in total. The van der Waals surface area contributed by atoms with Gasteiger partial charge in [0.15, 0.2) is 17.3 Å². The Balaban J connectivity index is 2.55. The lowest BCUT2D eigenvalue weighted by molar-refractivity contribution is -0.275. The number of halogens is 8. The van der Waals surface area contributed by atoms with Crippen molar-refractivity contribution in [3.05, 3.63) is 47.0 Å². The number of alkyl halides is 6. The van der Waals surface area contributed by atoms with E-state index in [2.05, 4.69) is 9.47 Å². The summed E-state index contributed by atoms with van der Waals surface area (Å²) in [6, 6.07) is 1.74. The van der Waals surface area contributed by atoms with Crippen molar-refractivity contribution < 1.29 is 59.2 Å². The second-order valence-corrected chi connectivity index (χ2v) is 5.16. The normalized spacial score (nSPS) is 11.9. The Morgan fingerprint density at radius 2 is 1.45 bits per heavy atom. The average Bonchev–Trinajstić information content (AvgIpc) is 2.55. The topological polar surface area (TPSA) is 65.0 Å². The summed E-state index contributed by atoms with van der Waals surface area (Å²) in [4.78, 5) is 11.2. The van der Waals surface area contributed by atoms with Gasteiger partial charge in [-0.15, -0.1) is 13.2 Å². The van der Waals surface area contributed by atoms with E-state index in [-0.39, 0.29) is 6.07 Å². The van der Waals surface area contributed by atoms with Gasteiger partial charge in [0.1, 0.15) is 11.3 Å². The van der Waals surface area contributed by atoms with Crippen LogP contribution in [0.2, 0.25) is 0 Å². The van der Waals surface area contributed by atoms with Crippen LogP contribution in [0.4, 0.5) is 35.1 Å². The molecule has 0 radical (unpaired) electrons. The van der Waals surface area contributed by atoms with Gasteiger partial charge in [0.25, 0.3) is 0 Å². The molecule has 2 aromatic carbocycles. The first-order chi connectivity index (χ1) is 13.3. The summed E-state index contributed by atoms with van der Waals surface area (Å²) in [5, 5.41) is 9.03. The summed E-state index contributed by atoms with van der Waals surface area (Å²) in [6.07, 6.45) is -10.5. The van der Waals surface area contributed by atoms with Gasteiger partial charge in [0.2, 0.25) is 11.6 Å². The molecule has 0 unspecified atom stereocenters. The number of carbonyl (C=O) groups is 1. The minimum atomic E-state index is -5.25. The number of hydrogen-bond donors (Lipinski definition) is 1. The Morgan fingerprint density at radius 1 is 0.897 bits per heavy atom. The van der Waals surface area contributed by atoms with Crippen LogP contribution in [0.1, 0.15) is 15.9 Å². The van der Waals surface area contributed by atoms with Crippen LogP contribution in [-0.4, -0.2) is 24.5 Å². The number of ether oxygens (including phenoxy) is 3. The van der Waals surface area contributed by atoms with Crippen LogP contribution in [0.25, 0.3) is 0 Å². The standard InChI is InChI=1S/C16H8F8O5/c1-27-13-9(5-4-8(12(13)18)29-16(22,23)24)28-7-3-2-6(15(19,20)21)11(17)10(7)14(25)26/h2-5H,1H3,(H,25,26). The molecule has 0 fully saturated rings. The third kappa shape index (κ3) is 4.78. The highest BCUT2D eigenvalue weighted by molar-refractivity contribution is 5.91. The van der Waals surface area contributed by atoms with Gasteiger partial charge in [0.05, 0.1) is 12.7 Å². The van der Waals surface area contributed by atoms with E-state index in [0.717, 1.165) is 7.11 Å². The van der Waals surface area contributed by atoms with E-state index in [1.54, 1.807) is 0 Å². The maximum Gasteiger partial charge on any atom is 0.573 e. The lowest BCUT2D eigenvalue weighted by atomic mass is 10.1. The molecule has 0 atom stereocenters. The average molecular weight is 432 g/mol. The van der Waals surface area contributed by atoms with E-state index in [1.807, 2.05) is 0 Å². The lowest BCUT2D eigenvalue weighted by Gasteiger charge is -2.17. The minimum absolute atomic E-state index is 0.182. The Hall–Kier alpha value is -3.25. The zero-order chi connectivity index (χ0) is 22.1. The first kappa shape index (κ1) is 22.0. The van der Waals surface area contributed by atoms with Gasteiger partial charge in [-0.25, -0.2) is 9.18 Å². The van der Waals surface area contributed by atoms with Crippen molar-refractivity contribution >= 4 is 5.97 Å². The lowest BCUT2D eigenvalue weighted by Crippen LogP contribution is -2.18. The van der Waals surface area contributed by atoms with Crippen LogP contribution in [0, 0.1) is 11.6 Å². The molecule has 2 aromatic rings. The van der Waals surface area contributed by atoms with Crippen LogP contribution in [-0.2, 0) is 6.18 Å². The summed E-state index contributed by atoms with van der Waals surface area (Å²) in [7, 11) is 0.814. The predicted octanol–water partition coefficient (Wildman–Crippen LogP) is 5.38. The van der Waals surface area contributed by atoms with Crippen LogP contribution in [0.3, 0.4) is 0 Å². The molecule has 1 N–H and O–H groups in total. The molecule has 0 heterocycles. The second kappa shape index (κ2) is 7.64. The third-order valence-corrected chi connectivity index (χ3v) is 3.30. The maximum atomic E-state index is 14.2. The Labute approximate surface area is 156 Å². The Kier molecular flexibility index (Phi) is 5.81. The number of carboxylic acids is 1. The fourth-order valence-electron chi connectivity index (χ4n) is 2.17. The number of carboxylic acid groups (broad SMARTS) is 1. The summed E-state index contributed by atoms with van der Waals surface area (Å²) in [6.45, 7) is 0. The first-order valence-corrected chi connectivity index (χ1v) is 7.19. The van der Waals surface area contributed by atoms with Crippen molar-refractivity contribution in [2.45, 2.75) is 12.5 Å². The van der Waals surface area contributed by atoms with Gasteiger partial charge >= 0.3 is 18.5 Å². The number of benzene rings is 2. The smallest absolute Gasteiger partial charge is 0.490 e. The summed E-state index contributed by atoms with van der Waals surface area (Å²) in [5.41, 5.74) is -3.42. The van der Waals surface area contributed by atoms with Crippen LogP contribution in [0.15, 0.2) is 24.3 Å². The van der Waals surface area contributed by atoms with E-state index in [4.69, 9.17) is 9.84 Å². The highest BCUT2D eigenvalue weighted by Crippen LogP contribution is 2.42. The number of rotatable bonds is 5. The SMILES string of the molecule is COc1c(Oc2ccc(C(F)(F)F)c(F)c2C(=O)O)ccc(OC(F)(F)F)c1F. The fraction of sp³-hybridized carbons (Fsp3) is 0.188. The van der Waals surface area contributed by atoms with Crippen molar-refractivity contribution in [2.24, 2.45) is 0 Å². The van der Waals surface area contributed by atoms with Gasteiger partial charge in [-0.3, -0.25) is 0 Å². The van der Waals surface area contributed by atoms with Crippen molar-refractivity contribution in [3.63, 3.8) is 0 Å². The van der Waals surface area contributed by atoms with Crippen molar-refractivity contribution in [3.8, 4) is 23.0 Å².